The molecule has 1 aromatic carbocycles. The molecule has 1 nitrogen and oxygen atoms in total. The minimum atomic E-state index is 0.214. The van der Waals surface area contributed by atoms with E-state index < -0.39 is 0 Å². The maximum atomic E-state index is 5.88. The highest BCUT2D eigenvalue weighted by Gasteiger charge is 2.04. The lowest BCUT2D eigenvalue weighted by Crippen LogP contribution is -2.07. The Balaban J connectivity index is 2.92. The topological polar surface area (TPSA) is 9.23 Å². The fraction of sp³-hybridized carbons (Fsp3) is 0.455. The van der Waals surface area contributed by atoms with E-state index in [1.807, 2.05) is 32.0 Å². The molecule has 72 valence electrons. The lowest BCUT2D eigenvalue weighted by Gasteiger charge is -2.13. The summed E-state index contributed by atoms with van der Waals surface area (Å²) in [5.74, 6) is 0.946. The van der Waals surface area contributed by atoms with Gasteiger partial charge >= 0.3 is 0 Å². The van der Waals surface area contributed by atoms with Gasteiger partial charge in [0.05, 0.1) is 6.10 Å². The molecule has 0 spiro atoms. The molecule has 2 heteroatoms. The second-order valence-electron chi connectivity index (χ2n) is 3.27. The molecule has 0 bridgehead atoms. The number of hydrogen-bond donors (Lipinski definition) is 0. The number of ether oxygens (including phenoxy) is 1. The number of benzene rings is 1. The van der Waals surface area contributed by atoms with Crippen LogP contribution < -0.4 is 4.74 Å². The molecule has 0 radical (unpaired) electrons. The molecule has 0 N–H and O–H groups in total. The number of rotatable bonds is 3. The zero-order valence-corrected chi connectivity index (χ0v) is 9.06. The Hall–Kier alpha value is -0.690. The van der Waals surface area contributed by atoms with Crippen LogP contribution in [0.2, 0.25) is 5.02 Å². The average Bonchev–Trinajstić information content (AvgIpc) is 2.07. The maximum absolute atomic E-state index is 5.88. The van der Waals surface area contributed by atoms with Crippen LogP contribution in [0, 0.1) is 0 Å². The van der Waals surface area contributed by atoms with E-state index in [0.29, 0.717) is 0 Å². The molecule has 0 aliphatic heterocycles. The third-order valence-corrected chi connectivity index (χ3v) is 2.00. The van der Waals surface area contributed by atoms with Crippen LogP contribution in [0.4, 0.5) is 0 Å². The van der Waals surface area contributed by atoms with E-state index >= 15 is 0 Å². The summed E-state index contributed by atoms with van der Waals surface area (Å²) in [4.78, 5) is 0. The van der Waals surface area contributed by atoms with Crippen molar-refractivity contribution in [1.82, 2.24) is 0 Å². The highest BCUT2D eigenvalue weighted by atomic mass is 35.5. The lowest BCUT2D eigenvalue weighted by molar-refractivity contribution is 0.240. The number of aryl methyl sites for hydroxylation is 1. The van der Waals surface area contributed by atoms with E-state index in [1.165, 1.54) is 5.56 Å². The first-order chi connectivity index (χ1) is 6.13. The second-order valence-corrected chi connectivity index (χ2v) is 3.71. The molecule has 0 aliphatic rings. The predicted molar refractivity (Wildman–Crippen MR) is 56.6 cm³/mol. The fourth-order valence-electron chi connectivity index (χ4n) is 1.19. The van der Waals surface area contributed by atoms with E-state index in [-0.39, 0.29) is 6.10 Å². The summed E-state index contributed by atoms with van der Waals surface area (Å²) < 4.78 is 5.63. The summed E-state index contributed by atoms with van der Waals surface area (Å²) in [6, 6.07) is 5.75. The van der Waals surface area contributed by atoms with Crippen molar-refractivity contribution in [1.29, 1.82) is 0 Å². The fourth-order valence-corrected chi connectivity index (χ4v) is 1.39. The Morgan fingerprint density at radius 3 is 2.62 bits per heavy atom. The van der Waals surface area contributed by atoms with Gasteiger partial charge in [-0.3, -0.25) is 0 Å². The van der Waals surface area contributed by atoms with Gasteiger partial charge in [-0.05, 0) is 44.0 Å². The van der Waals surface area contributed by atoms with Crippen LogP contribution in [0.3, 0.4) is 0 Å². The first-order valence-electron chi connectivity index (χ1n) is 4.58. The molecular weight excluding hydrogens is 184 g/mol. The molecule has 0 unspecified atom stereocenters. The van der Waals surface area contributed by atoms with Crippen molar-refractivity contribution in [2.45, 2.75) is 33.3 Å². The molecule has 0 amide bonds. The monoisotopic (exact) mass is 198 g/mol. The van der Waals surface area contributed by atoms with Crippen LogP contribution in [-0.4, -0.2) is 6.10 Å². The highest BCUT2D eigenvalue weighted by Crippen LogP contribution is 2.24. The highest BCUT2D eigenvalue weighted by molar-refractivity contribution is 6.30. The van der Waals surface area contributed by atoms with Gasteiger partial charge in [-0.2, -0.15) is 0 Å². The van der Waals surface area contributed by atoms with Crippen LogP contribution in [0.5, 0.6) is 5.75 Å². The van der Waals surface area contributed by atoms with E-state index in [4.69, 9.17) is 16.3 Å². The van der Waals surface area contributed by atoms with Crippen LogP contribution in [0.25, 0.3) is 0 Å². The van der Waals surface area contributed by atoms with Crippen molar-refractivity contribution < 1.29 is 4.74 Å². The van der Waals surface area contributed by atoms with E-state index in [2.05, 4.69) is 6.92 Å². The summed E-state index contributed by atoms with van der Waals surface area (Å²) in [5, 5.41) is 0.771. The van der Waals surface area contributed by atoms with Gasteiger partial charge < -0.3 is 4.74 Å². The largest absolute Gasteiger partial charge is 0.491 e. The zero-order valence-electron chi connectivity index (χ0n) is 8.30. The van der Waals surface area contributed by atoms with Gasteiger partial charge in [-0.25, -0.2) is 0 Å². The van der Waals surface area contributed by atoms with Crippen LogP contribution >= 0.6 is 11.6 Å². The molecule has 0 saturated heterocycles. The summed E-state index contributed by atoms with van der Waals surface area (Å²) in [5.41, 5.74) is 1.17. The smallest absolute Gasteiger partial charge is 0.122 e. The zero-order chi connectivity index (χ0) is 9.84. The van der Waals surface area contributed by atoms with Gasteiger partial charge in [0.15, 0.2) is 0 Å². The molecule has 1 aromatic rings. The van der Waals surface area contributed by atoms with Gasteiger partial charge in [0.2, 0.25) is 0 Å². The molecule has 0 heterocycles. The van der Waals surface area contributed by atoms with Gasteiger partial charge in [0.1, 0.15) is 5.75 Å². The summed E-state index contributed by atoms with van der Waals surface area (Å²) in [7, 11) is 0. The van der Waals surface area contributed by atoms with Crippen molar-refractivity contribution in [2.24, 2.45) is 0 Å². The summed E-state index contributed by atoms with van der Waals surface area (Å²) in [6.45, 7) is 6.14. The van der Waals surface area contributed by atoms with Crippen molar-refractivity contribution in [2.75, 3.05) is 0 Å². The molecule has 0 aliphatic carbocycles. The van der Waals surface area contributed by atoms with Crippen molar-refractivity contribution >= 4 is 11.6 Å². The first kappa shape index (κ1) is 10.4. The van der Waals surface area contributed by atoms with Crippen molar-refractivity contribution in [3.63, 3.8) is 0 Å². The van der Waals surface area contributed by atoms with E-state index in [1.54, 1.807) is 0 Å². The Labute approximate surface area is 84.7 Å². The SMILES string of the molecule is CCc1cc(Cl)ccc1OC(C)C. The summed E-state index contributed by atoms with van der Waals surface area (Å²) >= 11 is 5.88. The molecule has 0 fully saturated rings. The molecular formula is C11H15ClO. The van der Waals surface area contributed by atoms with Crippen LogP contribution in [0.1, 0.15) is 26.3 Å². The molecule has 0 aromatic heterocycles. The molecule has 0 saturated carbocycles. The third-order valence-electron chi connectivity index (χ3n) is 1.77. The third kappa shape index (κ3) is 2.92. The van der Waals surface area contributed by atoms with Gasteiger partial charge in [0, 0.05) is 5.02 Å². The van der Waals surface area contributed by atoms with Gasteiger partial charge in [-0.15, -0.1) is 0 Å². The Morgan fingerprint density at radius 1 is 1.38 bits per heavy atom. The normalized spacial score (nSPS) is 10.5. The van der Waals surface area contributed by atoms with Gasteiger partial charge in [-0.1, -0.05) is 18.5 Å². The second kappa shape index (κ2) is 4.52. The molecule has 0 atom stereocenters. The maximum Gasteiger partial charge on any atom is 0.122 e. The van der Waals surface area contributed by atoms with Gasteiger partial charge in [0.25, 0.3) is 0 Å². The minimum absolute atomic E-state index is 0.214. The lowest BCUT2D eigenvalue weighted by atomic mass is 10.1. The predicted octanol–water partition coefficient (Wildman–Crippen LogP) is 3.69. The standard InChI is InChI=1S/C11H15ClO/c1-4-9-7-10(12)5-6-11(9)13-8(2)3/h5-8H,4H2,1-3H3. The summed E-state index contributed by atoms with van der Waals surface area (Å²) in [6.07, 6.45) is 1.16. The Bertz CT molecular complexity index is 281. The first-order valence-corrected chi connectivity index (χ1v) is 4.96. The Kier molecular flexibility index (Phi) is 3.61. The van der Waals surface area contributed by atoms with E-state index in [0.717, 1.165) is 17.2 Å². The van der Waals surface area contributed by atoms with Crippen molar-refractivity contribution in [3.8, 4) is 5.75 Å². The number of hydrogen-bond acceptors (Lipinski definition) is 1. The molecule has 13 heavy (non-hydrogen) atoms. The quantitative estimate of drug-likeness (QED) is 0.720. The van der Waals surface area contributed by atoms with E-state index in [9.17, 15) is 0 Å². The minimum Gasteiger partial charge on any atom is -0.491 e. The number of halogens is 1. The average molecular weight is 199 g/mol. The Morgan fingerprint density at radius 2 is 2.08 bits per heavy atom. The van der Waals surface area contributed by atoms with Crippen LogP contribution in [0.15, 0.2) is 18.2 Å². The van der Waals surface area contributed by atoms with Crippen molar-refractivity contribution in [3.05, 3.63) is 28.8 Å². The molecule has 1 rings (SSSR count). The van der Waals surface area contributed by atoms with Crippen LogP contribution in [-0.2, 0) is 6.42 Å².